The smallest absolute Gasteiger partial charge is 0.00256 e. The third-order valence-corrected chi connectivity index (χ3v) is 4.02. The van der Waals surface area contributed by atoms with Crippen molar-refractivity contribution in [3.63, 3.8) is 0 Å². The molecule has 0 aromatic heterocycles. The van der Waals surface area contributed by atoms with Gasteiger partial charge in [-0.25, -0.2) is 0 Å². The Kier molecular flexibility index (Phi) is 2.93. The van der Waals surface area contributed by atoms with E-state index in [9.17, 15) is 0 Å². The van der Waals surface area contributed by atoms with Gasteiger partial charge in [0.25, 0.3) is 0 Å². The quantitative estimate of drug-likeness (QED) is 0.416. The summed E-state index contributed by atoms with van der Waals surface area (Å²) in [7, 11) is 0. The third kappa shape index (κ3) is 2.41. The normalized spacial score (nSPS) is 11.0. The highest BCUT2D eigenvalue weighted by Gasteiger charge is 2.01. The van der Waals surface area contributed by atoms with E-state index in [-0.39, 0.29) is 0 Å². The predicted molar refractivity (Wildman–Crippen MR) is 90.7 cm³/mol. The first-order valence-corrected chi connectivity index (χ1v) is 7.34. The van der Waals surface area contributed by atoms with E-state index in [2.05, 4.69) is 84.9 Å². The van der Waals surface area contributed by atoms with Gasteiger partial charge in [-0.05, 0) is 51.2 Å². The number of fused-ring (bicyclic) bond motifs is 2. The van der Waals surface area contributed by atoms with Gasteiger partial charge in [0.2, 0.25) is 0 Å². The van der Waals surface area contributed by atoms with Gasteiger partial charge in [0, 0.05) is 0 Å². The molecule has 0 fully saturated rings. The molecule has 0 unspecified atom stereocenters. The maximum absolute atomic E-state index is 2.31. The summed E-state index contributed by atoms with van der Waals surface area (Å²) < 4.78 is 0. The van der Waals surface area contributed by atoms with Crippen LogP contribution in [-0.2, 0) is 6.42 Å². The zero-order valence-electron chi connectivity index (χ0n) is 11.8. The summed E-state index contributed by atoms with van der Waals surface area (Å²) in [5.41, 5.74) is 2.72. The van der Waals surface area contributed by atoms with E-state index < -0.39 is 0 Å². The molecule has 0 heterocycles. The Morgan fingerprint density at radius 1 is 0.429 bits per heavy atom. The minimum Gasteiger partial charge on any atom is -0.0622 e. The van der Waals surface area contributed by atoms with Crippen molar-refractivity contribution < 1.29 is 0 Å². The van der Waals surface area contributed by atoms with Crippen LogP contribution in [0.25, 0.3) is 21.5 Å². The molecule has 0 atom stereocenters. The molecule has 100 valence electrons. The zero-order chi connectivity index (χ0) is 14.1. The summed E-state index contributed by atoms with van der Waals surface area (Å²) in [5, 5.41) is 5.25. The molecule has 0 saturated carbocycles. The van der Waals surface area contributed by atoms with E-state index >= 15 is 0 Å². The van der Waals surface area contributed by atoms with Gasteiger partial charge in [0.1, 0.15) is 0 Å². The Morgan fingerprint density at radius 2 is 1.05 bits per heavy atom. The van der Waals surface area contributed by atoms with Crippen molar-refractivity contribution >= 4 is 21.5 Å². The molecule has 4 aromatic carbocycles. The number of hydrogen-bond donors (Lipinski definition) is 0. The lowest BCUT2D eigenvalue weighted by molar-refractivity contribution is 1.20. The molecule has 0 amide bonds. The SMILES string of the molecule is c1ccc(Cc2ccc3cc4ccccc4cc3c2)cc1. The van der Waals surface area contributed by atoms with Gasteiger partial charge in [-0.1, -0.05) is 72.8 Å². The second-order valence-electron chi connectivity index (χ2n) is 5.54. The van der Waals surface area contributed by atoms with Crippen molar-refractivity contribution in [2.75, 3.05) is 0 Å². The van der Waals surface area contributed by atoms with Crippen LogP contribution < -0.4 is 0 Å². The molecule has 0 spiro atoms. The van der Waals surface area contributed by atoms with Crippen LogP contribution in [0.5, 0.6) is 0 Å². The molecule has 0 aliphatic carbocycles. The van der Waals surface area contributed by atoms with Crippen LogP contribution in [0, 0.1) is 0 Å². The van der Waals surface area contributed by atoms with Crippen LogP contribution in [0.3, 0.4) is 0 Å². The largest absolute Gasteiger partial charge is 0.0622 e. The Morgan fingerprint density at radius 3 is 1.81 bits per heavy atom. The van der Waals surface area contributed by atoms with Gasteiger partial charge in [0.15, 0.2) is 0 Å². The molecule has 0 heteroatoms. The fourth-order valence-electron chi connectivity index (χ4n) is 2.93. The van der Waals surface area contributed by atoms with Gasteiger partial charge in [0.05, 0.1) is 0 Å². The van der Waals surface area contributed by atoms with Gasteiger partial charge >= 0.3 is 0 Å². The summed E-state index contributed by atoms with van der Waals surface area (Å²) in [6, 6.07) is 30.5. The first-order valence-electron chi connectivity index (χ1n) is 7.34. The number of hydrogen-bond acceptors (Lipinski definition) is 0. The first kappa shape index (κ1) is 12.2. The molecule has 0 aliphatic heterocycles. The topological polar surface area (TPSA) is 0 Å². The van der Waals surface area contributed by atoms with Crippen molar-refractivity contribution in [3.8, 4) is 0 Å². The van der Waals surface area contributed by atoms with Crippen LogP contribution in [0.15, 0.2) is 84.9 Å². The van der Waals surface area contributed by atoms with E-state index in [1.165, 1.54) is 32.7 Å². The zero-order valence-corrected chi connectivity index (χ0v) is 11.8. The molecule has 0 aliphatic rings. The summed E-state index contributed by atoms with van der Waals surface area (Å²) >= 11 is 0. The van der Waals surface area contributed by atoms with Crippen LogP contribution in [-0.4, -0.2) is 0 Å². The number of rotatable bonds is 2. The average Bonchev–Trinajstić information content (AvgIpc) is 2.54. The van der Waals surface area contributed by atoms with Crippen LogP contribution in [0.1, 0.15) is 11.1 Å². The summed E-state index contributed by atoms with van der Waals surface area (Å²) in [4.78, 5) is 0. The number of benzene rings is 4. The van der Waals surface area contributed by atoms with Gasteiger partial charge < -0.3 is 0 Å². The van der Waals surface area contributed by atoms with E-state index in [1.807, 2.05) is 0 Å². The molecule has 0 nitrogen and oxygen atoms in total. The van der Waals surface area contributed by atoms with Gasteiger partial charge in [-0.2, -0.15) is 0 Å². The van der Waals surface area contributed by atoms with Crippen LogP contribution >= 0.6 is 0 Å². The summed E-state index contributed by atoms with van der Waals surface area (Å²) in [6.07, 6.45) is 0.990. The molecule has 0 N–H and O–H groups in total. The van der Waals surface area contributed by atoms with Gasteiger partial charge in [-0.15, -0.1) is 0 Å². The fraction of sp³-hybridized carbons (Fsp3) is 0.0476. The average molecular weight is 268 g/mol. The van der Waals surface area contributed by atoms with E-state index in [4.69, 9.17) is 0 Å². The lowest BCUT2D eigenvalue weighted by atomic mass is 9.99. The highest BCUT2D eigenvalue weighted by atomic mass is 14.1. The molecule has 4 aromatic rings. The molecular weight excluding hydrogens is 252 g/mol. The van der Waals surface area contributed by atoms with Crippen molar-refractivity contribution in [1.29, 1.82) is 0 Å². The maximum atomic E-state index is 2.31. The fourth-order valence-corrected chi connectivity index (χ4v) is 2.93. The second kappa shape index (κ2) is 5.06. The Hall–Kier alpha value is -2.60. The van der Waals surface area contributed by atoms with Crippen molar-refractivity contribution in [2.24, 2.45) is 0 Å². The van der Waals surface area contributed by atoms with Crippen molar-refractivity contribution in [2.45, 2.75) is 6.42 Å². The lowest BCUT2D eigenvalue weighted by Crippen LogP contribution is -1.87. The maximum Gasteiger partial charge on any atom is -0.00256 e. The summed E-state index contributed by atoms with van der Waals surface area (Å²) in [5.74, 6) is 0. The Labute approximate surface area is 124 Å². The van der Waals surface area contributed by atoms with Gasteiger partial charge in [-0.3, -0.25) is 0 Å². The van der Waals surface area contributed by atoms with Crippen LogP contribution in [0.2, 0.25) is 0 Å². The second-order valence-corrected chi connectivity index (χ2v) is 5.54. The molecule has 4 rings (SSSR count). The monoisotopic (exact) mass is 268 g/mol. The molecule has 0 radical (unpaired) electrons. The van der Waals surface area contributed by atoms with E-state index in [1.54, 1.807) is 0 Å². The highest BCUT2D eigenvalue weighted by Crippen LogP contribution is 2.24. The minimum absolute atomic E-state index is 0.990. The third-order valence-electron chi connectivity index (χ3n) is 4.02. The molecule has 0 bridgehead atoms. The first-order chi connectivity index (χ1) is 10.4. The minimum atomic E-state index is 0.990. The predicted octanol–water partition coefficient (Wildman–Crippen LogP) is 5.58. The lowest BCUT2D eigenvalue weighted by Gasteiger charge is -2.06. The Balaban J connectivity index is 1.80. The molecular formula is C21H16. The highest BCUT2D eigenvalue weighted by molar-refractivity contribution is 5.98. The van der Waals surface area contributed by atoms with Crippen LogP contribution in [0.4, 0.5) is 0 Å². The standard InChI is InChI=1S/C21H16/c1-2-6-16(7-3-1)12-17-10-11-20-14-18-8-4-5-9-19(18)15-21(20)13-17/h1-11,13-15H,12H2. The van der Waals surface area contributed by atoms with E-state index in [0.717, 1.165) is 6.42 Å². The van der Waals surface area contributed by atoms with Crippen molar-refractivity contribution in [3.05, 3.63) is 96.1 Å². The molecule has 0 saturated heterocycles. The summed E-state index contributed by atoms with van der Waals surface area (Å²) in [6.45, 7) is 0. The van der Waals surface area contributed by atoms with E-state index in [0.29, 0.717) is 0 Å². The van der Waals surface area contributed by atoms with Crippen molar-refractivity contribution in [1.82, 2.24) is 0 Å². The Bertz CT molecular complexity index is 905. The molecule has 21 heavy (non-hydrogen) atoms.